The van der Waals surface area contributed by atoms with Crippen LogP contribution >= 0.6 is 0 Å². The first-order valence-electron chi connectivity index (χ1n) is 17.7. The normalized spacial score (nSPS) is 11.8. The summed E-state index contributed by atoms with van der Waals surface area (Å²) in [7, 11) is 0. The van der Waals surface area contributed by atoms with Crippen molar-refractivity contribution < 1.29 is 0 Å². The van der Waals surface area contributed by atoms with Gasteiger partial charge >= 0.3 is 0 Å². The van der Waals surface area contributed by atoms with Crippen LogP contribution in [0.3, 0.4) is 0 Å². The molecule has 3 aromatic heterocycles. The molecule has 8 aromatic carbocycles. The Kier molecular flexibility index (Phi) is 6.22. The summed E-state index contributed by atoms with van der Waals surface area (Å²) in [5.74, 6) is 0.680. The minimum Gasteiger partial charge on any atom is -0.309 e. The van der Waals surface area contributed by atoms with E-state index >= 15 is 0 Å². The molecule has 0 saturated heterocycles. The third-order valence-electron chi connectivity index (χ3n) is 10.5. The maximum Gasteiger partial charge on any atom is 0.235 e. The summed E-state index contributed by atoms with van der Waals surface area (Å²) in [4.78, 5) is 9.81. The fourth-order valence-electron chi connectivity index (χ4n) is 8.15. The summed E-state index contributed by atoms with van der Waals surface area (Å²) in [6, 6.07) is 63.2. The Morgan fingerprint density at radius 1 is 0.365 bits per heavy atom. The van der Waals surface area contributed by atoms with Crippen molar-refractivity contribution >= 4 is 65.3 Å². The van der Waals surface area contributed by atoms with Crippen molar-refractivity contribution in [3.05, 3.63) is 182 Å². The molecule has 0 fully saturated rings. The zero-order valence-electron chi connectivity index (χ0n) is 28.1. The van der Waals surface area contributed by atoms with Crippen LogP contribution in [0.4, 0.5) is 0 Å². The highest BCUT2D eigenvalue weighted by molar-refractivity contribution is 6.21. The molecule has 11 rings (SSSR count). The molecule has 0 radical (unpaired) electrons. The molecule has 3 heterocycles. The lowest BCUT2D eigenvalue weighted by atomic mass is 9.97. The van der Waals surface area contributed by atoms with E-state index in [0.29, 0.717) is 5.95 Å². The maximum atomic E-state index is 4.99. The molecule has 0 saturated carbocycles. The lowest BCUT2D eigenvalue weighted by Crippen LogP contribution is -2.00. The van der Waals surface area contributed by atoms with Crippen molar-refractivity contribution in [2.45, 2.75) is 0 Å². The van der Waals surface area contributed by atoms with Gasteiger partial charge in [0.05, 0.1) is 27.6 Å². The molecule has 52 heavy (non-hydrogen) atoms. The molecule has 0 atom stereocenters. The Balaban J connectivity index is 1.08. The van der Waals surface area contributed by atoms with Gasteiger partial charge in [-0.1, -0.05) is 127 Å². The van der Waals surface area contributed by atoms with Crippen molar-refractivity contribution in [2.75, 3.05) is 0 Å². The van der Waals surface area contributed by atoms with Crippen molar-refractivity contribution in [1.29, 1.82) is 0 Å². The molecule has 0 N–H and O–H groups in total. The molecule has 242 valence electrons. The monoisotopic (exact) mass is 662 g/mol. The number of nitrogens with zero attached hydrogens (tertiary/aromatic N) is 4. The van der Waals surface area contributed by atoms with Gasteiger partial charge in [-0.15, -0.1) is 0 Å². The number of para-hydroxylation sites is 3. The molecule has 0 unspecified atom stereocenters. The van der Waals surface area contributed by atoms with Gasteiger partial charge in [0.2, 0.25) is 5.95 Å². The number of hydrogen-bond acceptors (Lipinski definition) is 2. The van der Waals surface area contributed by atoms with Gasteiger partial charge in [0, 0.05) is 38.8 Å². The summed E-state index contributed by atoms with van der Waals surface area (Å²) in [5, 5.41) is 8.34. The second-order valence-corrected chi connectivity index (χ2v) is 13.5. The number of benzene rings is 8. The molecule has 0 aliphatic rings. The third kappa shape index (κ3) is 4.34. The largest absolute Gasteiger partial charge is 0.309 e. The van der Waals surface area contributed by atoms with Crippen LogP contribution in [0, 0.1) is 0 Å². The first kappa shape index (κ1) is 28.8. The van der Waals surface area contributed by atoms with E-state index in [1.165, 1.54) is 65.6 Å². The van der Waals surface area contributed by atoms with Gasteiger partial charge in [-0.3, -0.25) is 4.57 Å². The highest BCUT2D eigenvalue weighted by Crippen LogP contribution is 2.39. The second kappa shape index (κ2) is 11.2. The topological polar surface area (TPSA) is 35.6 Å². The number of fused-ring (bicyclic) bond motifs is 9. The molecule has 4 nitrogen and oxygen atoms in total. The zero-order valence-corrected chi connectivity index (χ0v) is 28.1. The quantitative estimate of drug-likeness (QED) is 0.188. The van der Waals surface area contributed by atoms with Crippen LogP contribution in [0.25, 0.3) is 99.2 Å². The van der Waals surface area contributed by atoms with Crippen LogP contribution in [-0.2, 0) is 0 Å². The molecular weight excluding hydrogens is 633 g/mol. The number of hydrogen-bond donors (Lipinski definition) is 0. The van der Waals surface area contributed by atoms with Crippen LogP contribution in [0.1, 0.15) is 0 Å². The van der Waals surface area contributed by atoms with Gasteiger partial charge in [-0.25, -0.2) is 9.97 Å². The predicted octanol–water partition coefficient (Wildman–Crippen LogP) is 12.3. The average Bonchev–Trinajstić information content (AvgIpc) is 3.74. The second-order valence-electron chi connectivity index (χ2n) is 13.5. The highest BCUT2D eigenvalue weighted by atomic mass is 15.2. The van der Waals surface area contributed by atoms with E-state index in [1.54, 1.807) is 0 Å². The molecule has 0 spiro atoms. The lowest BCUT2D eigenvalue weighted by Gasteiger charge is -2.12. The van der Waals surface area contributed by atoms with E-state index in [2.05, 4.69) is 167 Å². The van der Waals surface area contributed by atoms with Gasteiger partial charge in [-0.05, 0) is 81.6 Å². The minimum absolute atomic E-state index is 0.680. The molecule has 11 aromatic rings. The SMILES string of the molecule is c1ccc(-c2cccc(-n3c4ccccc4c4ccc(-c5ccc6c(ccc7c6c6ccccc6n7-c6ncc7ccccc7n6)c5)cc43)c2)cc1. The lowest BCUT2D eigenvalue weighted by molar-refractivity contribution is 1.01. The fourth-order valence-corrected chi connectivity index (χ4v) is 8.15. The maximum absolute atomic E-state index is 4.99. The predicted molar refractivity (Wildman–Crippen MR) is 217 cm³/mol. The summed E-state index contributed by atoms with van der Waals surface area (Å²) in [6.07, 6.45) is 1.92. The van der Waals surface area contributed by atoms with Crippen LogP contribution < -0.4 is 0 Å². The van der Waals surface area contributed by atoms with Gasteiger partial charge in [0.25, 0.3) is 0 Å². The highest BCUT2D eigenvalue weighted by Gasteiger charge is 2.18. The Bertz CT molecular complexity index is 3190. The molecule has 0 amide bonds. The van der Waals surface area contributed by atoms with E-state index < -0.39 is 0 Å². The molecule has 0 aliphatic carbocycles. The van der Waals surface area contributed by atoms with Crippen LogP contribution in [-0.4, -0.2) is 19.1 Å². The van der Waals surface area contributed by atoms with Crippen molar-refractivity contribution in [1.82, 2.24) is 19.1 Å². The first-order valence-corrected chi connectivity index (χ1v) is 17.7. The average molecular weight is 663 g/mol. The van der Waals surface area contributed by atoms with Gasteiger partial charge in [-0.2, -0.15) is 0 Å². The van der Waals surface area contributed by atoms with E-state index in [-0.39, 0.29) is 0 Å². The molecular formula is C48H30N4. The standard InChI is InChI=1S/C48H30N4/c1-2-11-31(12-3-1)32-14-10-15-37(28-32)51-43-19-8-5-16-39(43)40-25-22-34(29-46(40)51)33-21-24-38-35(27-33)23-26-45-47(38)41-17-6-9-20-44(41)52(45)48-49-30-36-13-4-7-18-42(36)50-48/h1-30H. The third-order valence-corrected chi connectivity index (χ3v) is 10.5. The smallest absolute Gasteiger partial charge is 0.235 e. The van der Waals surface area contributed by atoms with Crippen LogP contribution in [0.5, 0.6) is 0 Å². The Hall–Kier alpha value is -7.04. The summed E-state index contributed by atoms with van der Waals surface area (Å²) in [5.41, 5.74) is 11.5. The fraction of sp³-hybridized carbons (Fsp3) is 0. The van der Waals surface area contributed by atoms with Crippen LogP contribution in [0.15, 0.2) is 182 Å². The van der Waals surface area contributed by atoms with Crippen molar-refractivity contribution in [3.63, 3.8) is 0 Å². The molecule has 4 heteroatoms. The van der Waals surface area contributed by atoms with E-state index in [1.807, 2.05) is 24.4 Å². The summed E-state index contributed by atoms with van der Waals surface area (Å²) < 4.78 is 4.61. The van der Waals surface area contributed by atoms with E-state index in [0.717, 1.165) is 27.6 Å². The van der Waals surface area contributed by atoms with E-state index in [9.17, 15) is 0 Å². The van der Waals surface area contributed by atoms with E-state index in [4.69, 9.17) is 9.97 Å². The Morgan fingerprint density at radius 3 is 1.92 bits per heavy atom. The molecule has 0 aliphatic heterocycles. The first-order chi connectivity index (χ1) is 25.8. The number of rotatable bonds is 4. The van der Waals surface area contributed by atoms with Gasteiger partial charge in [0.1, 0.15) is 0 Å². The Labute approximate surface area is 299 Å². The van der Waals surface area contributed by atoms with Gasteiger partial charge in [0.15, 0.2) is 0 Å². The summed E-state index contributed by atoms with van der Waals surface area (Å²) >= 11 is 0. The van der Waals surface area contributed by atoms with Crippen LogP contribution in [0.2, 0.25) is 0 Å². The Morgan fingerprint density at radius 2 is 1.04 bits per heavy atom. The minimum atomic E-state index is 0.680. The molecule has 0 bridgehead atoms. The van der Waals surface area contributed by atoms with Gasteiger partial charge < -0.3 is 4.57 Å². The van der Waals surface area contributed by atoms with Crippen molar-refractivity contribution in [2.24, 2.45) is 0 Å². The van der Waals surface area contributed by atoms with Crippen molar-refractivity contribution in [3.8, 4) is 33.9 Å². The number of aromatic nitrogens is 4. The summed E-state index contributed by atoms with van der Waals surface area (Å²) in [6.45, 7) is 0. The zero-order chi connectivity index (χ0) is 34.2.